The molecular formula is C6H8N2OS. The van der Waals surface area contributed by atoms with Gasteiger partial charge >= 0.3 is 0 Å². The van der Waals surface area contributed by atoms with Gasteiger partial charge in [-0.2, -0.15) is 0 Å². The van der Waals surface area contributed by atoms with Gasteiger partial charge in [0.2, 0.25) is 0 Å². The zero-order valence-corrected chi connectivity index (χ0v) is 6.52. The first-order valence-corrected chi connectivity index (χ1v) is 4.05. The van der Waals surface area contributed by atoms with Crippen LogP contribution in [0.3, 0.4) is 0 Å². The third-order valence-electron chi connectivity index (χ3n) is 0.963. The second kappa shape index (κ2) is 3.51. The van der Waals surface area contributed by atoms with Crippen LogP contribution < -0.4 is 0 Å². The fraction of sp³-hybridized carbons (Fsp3) is 0.500. The van der Waals surface area contributed by atoms with E-state index in [4.69, 9.17) is 0 Å². The minimum absolute atomic E-state index is 0.0135. The van der Waals surface area contributed by atoms with Gasteiger partial charge in [-0.15, -0.1) is 0 Å². The summed E-state index contributed by atoms with van der Waals surface area (Å²) < 4.78 is 0. The molecule has 54 valence electrons. The number of hydrogen-bond donors (Lipinski definition) is 0. The summed E-state index contributed by atoms with van der Waals surface area (Å²) in [7, 11) is 0. The van der Waals surface area contributed by atoms with Crippen molar-refractivity contribution in [2.75, 3.05) is 12.3 Å². The van der Waals surface area contributed by atoms with Crippen LogP contribution in [0.25, 0.3) is 0 Å². The Morgan fingerprint density at radius 2 is 2.60 bits per heavy atom. The average molecular weight is 156 g/mol. The monoisotopic (exact) mass is 156 g/mol. The maximum atomic E-state index is 10.5. The van der Waals surface area contributed by atoms with E-state index in [0.717, 1.165) is 10.9 Å². The molecule has 0 atom stereocenters. The highest BCUT2D eigenvalue weighted by atomic mass is 32.2. The molecule has 0 bridgehead atoms. The molecular weight excluding hydrogens is 148 g/mol. The summed E-state index contributed by atoms with van der Waals surface area (Å²) in [5.74, 6) is 0.935. The topological polar surface area (TPSA) is 41.8 Å². The molecule has 4 heteroatoms. The fourth-order valence-corrected chi connectivity index (χ4v) is 1.11. The molecule has 0 spiro atoms. The van der Waals surface area contributed by atoms with E-state index in [2.05, 4.69) is 9.98 Å². The number of carbonyl (C=O) groups excluding carboxylic acids is 1. The van der Waals surface area contributed by atoms with Crippen molar-refractivity contribution in [1.29, 1.82) is 0 Å². The molecule has 3 nitrogen and oxygen atoms in total. The highest BCUT2D eigenvalue weighted by molar-refractivity contribution is 8.13. The van der Waals surface area contributed by atoms with Crippen LogP contribution in [0.2, 0.25) is 0 Å². The van der Waals surface area contributed by atoms with Gasteiger partial charge in [-0.3, -0.25) is 9.79 Å². The molecule has 0 aromatic heterocycles. The van der Waals surface area contributed by atoms with Crippen LogP contribution in [0.4, 0.5) is 0 Å². The number of thioether (sulfide) groups is 1. The Kier molecular flexibility index (Phi) is 2.62. The van der Waals surface area contributed by atoms with Crippen molar-refractivity contribution in [2.24, 2.45) is 9.98 Å². The van der Waals surface area contributed by atoms with E-state index < -0.39 is 0 Å². The third-order valence-corrected chi connectivity index (χ3v) is 1.74. The molecule has 1 rings (SSSR count). The molecule has 0 saturated carbocycles. The number of nitrogens with zero attached hydrogens (tertiary/aromatic N) is 2. The van der Waals surface area contributed by atoms with E-state index in [9.17, 15) is 4.79 Å². The molecule has 0 aromatic rings. The van der Waals surface area contributed by atoms with Crippen LogP contribution in [0.15, 0.2) is 9.98 Å². The van der Waals surface area contributed by atoms with Gasteiger partial charge in [0.15, 0.2) is 11.0 Å². The van der Waals surface area contributed by atoms with Gasteiger partial charge in [0, 0.05) is 0 Å². The summed E-state index contributed by atoms with van der Waals surface area (Å²) in [5.41, 5.74) is 0. The Hall–Kier alpha value is -0.640. The highest BCUT2D eigenvalue weighted by Gasteiger charge is 2.04. The first-order chi connectivity index (χ1) is 4.83. The maximum Gasteiger partial charge on any atom is 0.195 e. The molecule has 0 radical (unpaired) electrons. The molecule has 1 aliphatic rings. The van der Waals surface area contributed by atoms with Gasteiger partial charge in [0.25, 0.3) is 0 Å². The number of Topliss-reactive ketones (excluding diaryl/α,β-unsaturated/α-hetero) is 1. The van der Waals surface area contributed by atoms with E-state index in [1.807, 2.05) is 6.92 Å². The van der Waals surface area contributed by atoms with Crippen LogP contribution in [-0.4, -0.2) is 29.5 Å². The number of aliphatic imine (C=N–C) groups is 2. The molecule has 0 saturated heterocycles. The maximum absolute atomic E-state index is 10.5. The smallest absolute Gasteiger partial charge is 0.195 e. The first-order valence-electron chi connectivity index (χ1n) is 3.07. The van der Waals surface area contributed by atoms with Crippen molar-refractivity contribution in [3.05, 3.63) is 0 Å². The van der Waals surface area contributed by atoms with Crippen LogP contribution in [-0.2, 0) is 4.79 Å². The van der Waals surface area contributed by atoms with Gasteiger partial charge in [-0.05, 0) is 5.75 Å². The number of ketones is 1. The Labute approximate surface area is 63.6 Å². The van der Waals surface area contributed by atoms with Gasteiger partial charge in [-0.1, -0.05) is 18.7 Å². The van der Waals surface area contributed by atoms with Crippen molar-refractivity contribution < 1.29 is 4.79 Å². The first kappa shape index (κ1) is 7.47. The van der Waals surface area contributed by atoms with Gasteiger partial charge < -0.3 is 0 Å². The highest BCUT2D eigenvalue weighted by Crippen LogP contribution is 2.06. The second-order valence-electron chi connectivity index (χ2n) is 1.76. The lowest BCUT2D eigenvalue weighted by Crippen LogP contribution is -2.11. The van der Waals surface area contributed by atoms with Gasteiger partial charge in [0.05, 0.1) is 6.21 Å². The lowest BCUT2D eigenvalue weighted by molar-refractivity contribution is -0.111. The third kappa shape index (κ3) is 1.95. The van der Waals surface area contributed by atoms with E-state index in [1.54, 1.807) is 11.8 Å². The normalized spacial score (nSPS) is 17.3. The summed E-state index contributed by atoms with van der Waals surface area (Å²) in [6.07, 6.45) is 1.34. The number of hydrogen-bond acceptors (Lipinski definition) is 4. The summed E-state index contributed by atoms with van der Waals surface area (Å²) >= 11 is 1.55. The second-order valence-corrected chi connectivity index (χ2v) is 2.99. The predicted molar refractivity (Wildman–Crippen MR) is 43.9 cm³/mol. The standard InChI is InChI=1S/C6H8N2OS/c1-2-10-6-7-3-5(9)4-8-6/h3H,2,4H2,1H3. The molecule has 1 aliphatic heterocycles. The lowest BCUT2D eigenvalue weighted by Gasteiger charge is -2.00. The Bertz CT molecular complexity index is 198. The lowest BCUT2D eigenvalue weighted by atomic mass is 10.4. The molecule has 0 amide bonds. The van der Waals surface area contributed by atoms with Gasteiger partial charge in [0.1, 0.15) is 6.54 Å². The van der Waals surface area contributed by atoms with E-state index in [0.29, 0.717) is 0 Å². The summed E-state index contributed by atoms with van der Waals surface area (Å²) in [4.78, 5) is 18.3. The van der Waals surface area contributed by atoms with E-state index in [-0.39, 0.29) is 12.3 Å². The molecule has 0 aliphatic carbocycles. The van der Waals surface area contributed by atoms with E-state index >= 15 is 0 Å². The van der Waals surface area contributed by atoms with Crippen molar-refractivity contribution in [1.82, 2.24) is 0 Å². The van der Waals surface area contributed by atoms with E-state index in [1.165, 1.54) is 6.21 Å². The Balaban J connectivity index is 2.50. The van der Waals surface area contributed by atoms with Crippen LogP contribution in [0, 0.1) is 0 Å². The molecule has 10 heavy (non-hydrogen) atoms. The zero-order chi connectivity index (χ0) is 7.40. The summed E-state index contributed by atoms with van der Waals surface area (Å²) in [5, 5.41) is 0.724. The molecule has 0 N–H and O–H groups in total. The van der Waals surface area contributed by atoms with Crippen LogP contribution >= 0.6 is 11.8 Å². The van der Waals surface area contributed by atoms with Crippen LogP contribution in [0.1, 0.15) is 6.92 Å². The molecule has 0 unspecified atom stereocenters. The largest absolute Gasteiger partial charge is 0.291 e. The average Bonchev–Trinajstić information content (AvgIpc) is 1.95. The van der Waals surface area contributed by atoms with Gasteiger partial charge in [-0.25, -0.2) is 4.99 Å². The SMILES string of the molecule is CCSC1=NCC(=O)C=N1. The van der Waals surface area contributed by atoms with Crippen molar-refractivity contribution in [3.63, 3.8) is 0 Å². The molecule has 0 fully saturated rings. The number of amidine groups is 1. The molecule has 0 aromatic carbocycles. The van der Waals surface area contributed by atoms with Crippen molar-refractivity contribution >= 4 is 28.9 Å². The van der Waals surface area contributed by atoms with Crippen LogP contribution in [0.5, 0.6) is 0 Å². The molecule has 1 heterocycles. The minimum atomic E-state index is -0.0135. The predicted octanol–water partition coefficient (Wildman–Crippen LogP) is 0.749. The summed E-state index contributed by atoms with van der Waals surface area (Å²) in [6.45, 7) is 2.30. The number of carbonyl (C=O) groups is 1. The Morgan fingerprint density at radius 1 is 1.80 bits per heavy atom. The quantitative estimate of drug-likeness (QED) is 0.562. The van der Waals surface area contributed by atoms with Crippen molar-refractivity contribution in [2.45, 2.75) is 6.92 Å². The zero-order valence-electron chi connectivity index (χ0n) is 5.70. The Morgan fingerprint density at radius 3 is 3.10 bits per heavy atom. The van der Waals surface area contributed by atoms with Crippen molar-refractivity contribution in [3.8, 4) is 0 Å². The fourth-order valence-electron chi connectivity index (χ4n) is 0.566. The number of rotatable bonds is 1. The minimum Gasteiger partial charge on any atom is -0.291 e. The summed E-state index contributed by atoms with van der Waals surface area (Å²) in [6, 6.07) is 0.